The molecular weight excluding hydrogens is 489 g/mol. The lowest BCUT2D eigenvalue weighted by molar-refractivity contribution is -0.145. The predicted molar refractivity (Wildman–Crippen MR) is 123 cm³/mol. The van der Waals surface area contributed by atoms with Crippen LogP contribution >= 0.6 is 23.2 Å². The molecule has 1 aromatic carbocycles. The molecule has 0 aliphatic carbocycles. The first-order chi connectivity index (χ1) is 16.0. The molecule has 0 saturated carbocycles. The summed E-state index contributed by atoms with van der Waals surface area (Å²) < 4.78 is 40.8. The Labute approximate surface area is 204 Å². The number of nitrogens with zero attached hydrogens (tertiary/aromatic N) is 4. The van der Waals surface area contributed by atoms with Crippen molar-refractivity contribution in [1.29, 1.82) is 5.26 Å². The van der Waals surface area contributed by atoms with Crippen molar-refractivity contribution in [2.24, 2.45) is 5.41 Å². The SMILES string of the molecule is CCn1nc(C)c(Cl)c1/C(OC(=O)C(C)(C)CCl)=C(\C#N)c1coc(-c2c(F)cccc2F)n1. The van der Waals surface area contributed by atoms with Gasteiger partial charge in [0.15, 0.2) is 5.76 Å². The minimum atomic E-state index is -1.10. The number of allylic oxidation sites excluding steroid dienone is 1. The Balaban J connectivity index is 2.26. The van der Waals surface area contributed by atoms with Crippen LogP contribution in [0.3, 0.4) is 0 Å². The number of ether oxygens (including phenoxy) is 1. The fraction of sp³-hybridized carbons (Fsp3) is 0.304. The average molecular weight is 509 g/mol. The summed E-state index contributed by atoms with van der Waals surface area (Å²) in [6.45, 7) is 6.93. The molecule has 0 fully saturated rings. The van der Waals surface area contributed by atoms with Crippen LogP contribution in [0.25, 0.3) is 22.8 Å². The van der Waals surface area contributed by atoms with Gasteiger partial charge >= 0.3 is 5.97 Å². The van der Waals surface area contributed by atoms with E-state index in [0.29, 0.717) is 12.2 Å². The number of alkyl halides is 1. The maximum Gasteiger partial charge on any atom is 0.318 e. The summed E-state index contributed by atoms with van der Waals surface area (Å²) in [5, 5.41) is 14.5. The van der Waals surface area contributed by atoms with Crippen LogP contribution in [-0.4, -0.2) is 26.6 Å². The van der Waals surface area contributed by atoms with Gasteiger partial charge in [-0.05, 0) is 39.8 Å². The Bertz CT molecular complexity index is 1300. The van der Waals surface area contributed by atoms with E-state index in [1.165, 1.54) is 10.7 Å². The van der Waals surface area contributed by atoms with E-state index in [1.54, 1.807) is 27.7 Å². The van der Waals surface area contributed by atoms with Gasteiger partial charge < -0.3 is 9.15 Å². The van der Waals surface area contributed by atoms with Crippen molar-refractivity contribution < 1.29 is 22.7 Å². The first-order valence-corrected chi connectivity index (χ1v) is 11.0. The third-order valence-corrected chi connectivity index (χ3v) is 6.05. The lowest BCUT2D eigenvalue weighted by Crippen LogP contribution is -2.28. The fourth-order valence-corrected chi connectivity index (χ4v) is 3.27. The zero-order valence-corrected chi connectivity index (χ0v) is 20.3. The molecule has 0 aliphatic rings. The van der Waals surface area contributed by atoms with E-state index in [9.17, 15) is 18.8 Å². The average Bonchev–Trinajstić information content (AvgIpc) is 3.38. The van der Waals surface area contributed by atoms with Crippen LogP contribution < -0.4 is 0 Å². The summed E-state index contributed by atoms with van der Waals surface area (Å²) in [5.41, 5.74) is -1.36. The molecule has 3 rings (SSSR count). The van der Waals surface area contributed by atoms with Crippen molar-refractivity contribution in [1.82, 2.24) is 14.8 Å². The smallest absolute Gasteiger partial charge is 0.318 e. The van der Waals surface area contributed by atoms with Crippen LogP contribution in [0.4, 0.5) is 8.78 Å². The predicted octanol–water partition coefficient (Wildman–Crippen LogP) is 6.00. The molecule has 0 radical (unpaired) electrons. The van der Waals surface area contributed by atoms with Crippen LogP contribution in [0.2, 0.25) is 5.02 Å². The number of oxazole rings is 1. The van der Waals surface area contributed by atoms with Gasteiger partial charge in [-0.15, -0.1) is 11.6 Å². The van der Waals surface area contributed by atoms with Gasteiger partial charge in [0, 0.05) is 12.4 Å². The van der Waals surface area contributed by atoms with Gasteiger partial charge in [0.2, 0.25) is 5.89 Å². The molecule has 0 spiro atoms. The molecule has 0 atom stereocenters. The van der Waals surface area contributed by atoms with Crippen LogP contribution in [-0.2, 0) is 16.1 Å². The van der Waals surface area contributed by atoms with Crippen molar-refractivity contribution in [3.8, 4) is 17.5 Å². The lowest BCUT2D eigenvalue weighted by Gasteiger charge is -2.21. The largest absolute Gasteiger partial charge is 0.444 e. The van der Waals surface area contributed by atoms with Gasteiger partial charge in [-0.3, -0.25) is 9.48 Å². The fourth-order valence-electron chi connectivity index (χ4n) is 2.94. The highest BCUT2D eigenvalue weighted by atomic mass is 35.5. The summed E-state index contributed by atoms with van der Waals surface area (Å²) in [6, 6.07) is 5.23. The monoisotopic (exact) mass is 508 g/mol. The van der Waals surface area contributed by atoms with Gasteiger partial charge in [-0.25, -0.2) is 13.8 Å². The van der Waals surface area contributed by atoms with Crippen molar-refractivity contribution in [2.75, 3.05) is 5.88 Å². The molecule has 0 N–H and O–H groups in total. The molecule has 0 saturated heterocycles. The molecule has 0 aliphatic heterocycles. The lowest BCUT2D eigenvalue weighted by atomic mass is 9.97. The number of halogens is 4. The van der Waals surface area contributed by atoms with Crippen LogP contribution in [0, 0.1) is 35.3 Å². The Kier molecular flexibility index (Phi) is 7.44. The maximum absolute atomic E-state index is 14.2. The van der Waals surface area contributed by atoms with E-state index in [2.05, 4.69) is 10.1 Å². The molecule has 3 aromatic rings. The Hall–Kier alpha value is -3.22. The molecule has 34 heavy (non-hydrogen) atoms. The van der Waals surface area contributed by atoms with Crippen molar-refractivity contribution >= 4 is 40.5 Å². The van der Waals surface area contributed by atoms with Crippen molar-refractivity contribution in [3.63, 3.8) is 0 Å². The third kappa shape index (κ3) is 4.69. The third-order valence-electron chi connectivity index (χ3n) is 4.93. The molecule has 7 nitrogen and oxygen atoms in total. The number of carbonyl (C=O) groups is 1. The number of aryl methyl sites for hydroxylation is 2. The van der Waals surface area contributed by atoms with Gasteiger partial charge in [0.25, 0.3) is 0 Å². The van der Waals surface area contributed by atoms with E-state index in [4.69, 9.17) is 32.4 Å². The summed E-state index contributed by atoms with van der Waals surface area (Å²) in [6.07, 6.45) is 1.04. The summed E-state index contributed by atoms with van der Waals surface area (Å²) in [4.78, 5) is 17.0. The molecule has 2 heterocycles. The minimum absolute atomic E-state index is 0.0541. The van der Waals surface area contributed by atoms with E-state index in [-0.39, 0.29) is 33.6 Å². The van der Waals surface area contributed by atoms with Gasteiger partial charge in [0.1, 0.15) is 46.5 Å². The summed E-state index contributed by atoms with van der Waals surface area (Å²) in [7, 11) is 0. The molecule has 11 heteroatoms. The number of carbonyl (C=O) groups excluding carboxylic acids is 1. The van der Waals surface area contributed by atoms with Crippen LogP contribution in [0.1, 0.15) is 37.9 Å². The number of nitriles is 1. The van der Waals surface area contributed by atoms with Gasteiger partial charge in [-0.2, -0.15) is 10.4 Å². The molecule has 0 unspecified atom stereocenters. The molecule has 0 amide bonds. The molecule has 2 aromatic heterocycles. The normalized spacial score (nSPS) is 12.3. The highest BCUT2D eigenvalue weighted by molar-refractivity contribution is 6.33. The zero-order chi connectivity index (χ0) is 25.2. The van der Waals surface area contributed by atoms with Gasteiger partial charge in [0.05, 0.1) is 16.1 Å². The summed E-state index contributed by atoms with van der Waals surface area (Å²) >= 11 is 12.4. The highest BCUT2D eigenvalue weighted by Crippen LogP contribution is 2.36. The minimum Gasteiger partial charge on any atom is -0.444 e. The van der Waals surface area contributed by atoms with Crippen molar-refractivity contribution in [3.05, 3.63) is 58.2 Å². The van der Waals surface area contributed by atoms with Crippen molar-refractivity contribution in [2.45, 2.75) is 34.2 Å². The Morgan fingerprint density at radius 1 is 1.32 bits per heavy atom. The second-order valence-electron chi connectivity index (χ2n) is 7.92. The Morgan fingerprint density at radius 3 is 2.53 bits per heavy atom. The van der Waals surface area contributed by atoms with E-state index >= 15 is 0 Å². The molecule has 0 bridgehead atoms. The quantitative estimate of drug-likeness (QED) is 0.168. The van der Waals surface area contributed by atoms with E-state index < -0.39 is 34.5 Å². The number of esters is 1. The second kappa shape index (κ2) is 9.95. The standard InChI is InChI=1S/C23H20Cl2F2N4O3/c1-5-31-19(18(25)12(2)30-31)20(34-22(32)23(3,4)11-24)13(9-28)16-10-33-21(29-16)17-14(26)7-6-8-15(17)27/h6-8,10H,5,11H2,1-4H3/b20-13-. The second-order valence-corrected chi connectivity index (χ2v) is 8.57. The highest BCUT2D eigenvalue weighted by Gasteiger charge is 2.33. The number of rotatable bonds is 7. The number of hydrogen-bond acceptors (Lipinski definition) is 6. The van der Waals surface area contributed by atoms with Gasteiger partial charge in [-0.1, -0.05) is 17.7 Å². The number of benzene rings is 1. The first kappa shape index (κ1) is 25.4. The Morgan fingerprint density at radius 2 is 1.97 bits per heavy atom. The van der Waals surface area contributed by atoms with Crippen LogP contribution in [0.15, 0.2) is 28.9 Å². The number of hydrogen-bond donors (Lipinski definition) is 0. The topological polar surface area (TPSA) is 93.9 Å². The number of aromatic nitrogens is 3. The first-order valence-electron chi connectivity index (χ1n) is 10.1. The van der Waals surface area contributed by atoms with E-state index in [0.717, 1.165) is 18.4 Å². The zero-order valence-electron chi connectivity index (χ0n) is 18.7. The summed E-state index contributed by atoms with van der Waals surface area (Å²) in [5.74, 6) is -3.19. The maximum atomic E-state index is 14.2. The van der Waals surface area contributed by atoms with E-state index in [1.807, 2.05) is 6.07 Å². The molecular formula is C23H20Cl2F2N4O3. The van der Waals surface area contributed by atoms with Crippen LogP contribution in [0.5, 0.6) is 0 Å². The molecule has 178 valence electrons.